The highest BCUT2D eigenvalue weighted by molar-refractivity contribution is 7.89. The van der Waals surface area contributed by atoms with Crippen LogP contribution >= 0.6 is 0 Å². The third-order valence-electron chi connectivity index (χ3n) is 5.53. The molecule has 168 valence electrons. The third kappa shape index (κ3) is 4.22. The van der Waals surface area contributed by atoms with E-state index < -0.39 is 10.0 Å². The summed E-state index contributed by atoms with van der Waals surface area (Å²) in [6, 6.07) is 6.79. The number of para-hydroxylation sites is 2. The molecule has 9 nitrogen and oxygen atoms in total. The van der Waals surface area contributed by atoms with E-state index in [1.165, 1.54) is 8.99 Å². The summed E-state index contributed by atoms with van der Waals surface area (Å²) in [6.45, 7) is 9.26. The maximum absolute atomic E-state index is 13.3. The summed E-state index contributed by atoms with van der Waals surface area (Å²) in [5, 5.41) is 7.19. The smallest absolute Gasteiger partial charge is 0.249 e. The van der Waals surface area contributed by atoms with Crippen molar-refractivity contribution in [3.05, 3.63) is 35.7 Å². The monoisotopic (exact) mass is 447 g/mol. The third-order valence-corrected chi connectivity index (χ3v) is 7.83. The summed E-state index contributed by atoms with van der Waals surface area (Å²) in [5.74, 6) is -0.428. The van der Waals surface area contributed by atoms with Gasteiger partial charge in [0.1, 0.15) is 11.4 Å². The second-order valence-electron chi connectivity index (χ2n) is 7.63. The van der Waals surface area contributed by atoms with E-state index in [2.05, 4.69) is 10.4 Å². The van der Waals surface area contributed by atoms with E-state index >= 15 is 0 Å². The molecule has 0 spiro atoms. The van der Waals surface area contributed by atoms with Crippen molar-refractivity contribution >= 4 is 33.2 Å². The molecule has 1 aliphatic rings. The molecular formula is C21H29N5O4S. The van der Waals surface area contributed by atoms with Crippen LogP contribution in [0.4, 0.5) is 11.4 Å². The number of nitrogens with one attached hydrogen (secondary N) is 1. The van der Waals surface area contributed by atoms with E-state index in [4.69, 9.17) is 0 Å². The molecule has 1 aromatic heterocycles. The van der Waals surface area contributed by atoms with Crippen LogP contribution in [0, 0.1) is 13.8 Å². The van der Waals surface area contributed by atoms with Crippen molar-refractivity contribution in [1.29, 1.82) is 0 Å². The fourth-order valence-corrected chi connectivity index (χ4v) is 5.90. The first kappa shape index (κ1) is 23.0. The van der Waals surface area contributed by atoms with Crippen molar-refractivity contribution in [3.8, 4) is 0 Å². The number of nitrogens with zero attached hydrogens (tertiary/aromatic N) is 4. The van der Waals surface area contributed by atoms with Crippen LogP contribution in [-0.2, 0) is 26.2 Å². The number of sulfonamides is 1. The van der Waals surface area contributed by atoms with Gasteiger partial charge in [0.2, 0.25) is 21.8 Å². The summed E-state index contributed by atoms with van der Waals surface area (Å²) in [4.78, 5) is 27.2. The second-order valence-corrected chi connectivity index (χ2v) is 9.50. The number of benzene rings is 1. The quantitative estimate of drug-likeness (QED) is 0.732. The molecule has 1 aliphatic heterocycles. The topological polar surface area (TPSA) is 105 Å². The van der Waals surface area contributed by atoms with Gasteiger partial charge in [-0.3, -0.25) is 14.3 Å². The summed E-state index contributed by atoms with van der Waals surface area (Å²) in [7, 11) is -3.70. The molecule has 1 aromatic carbocycles. The Morgan fingerprint density at radius 2 is 1.87 bits per heavy atom. The van der Waals surface area contributed by atoms with E-state index in [-0.39, 0.29) is 35.7 Å². The molecule has 10 heteroatoms. The number of fused-ring (bicyclic) bond motifs is 1. The Labute approximate surface area is 183 Å². The highest BCUT2D eigenvalue weighted by atomic mass is 32.2. The van der Waals surface area contributed by atoms with Gasteiger partial charge in [-0.1, -0.05) is 26.0 Å². The van der Waals surface area contributed by atoms with Crippen LogP contribution in [0.5, 0.6) is 0 Å². The Hall–Kier alpha value is -2.72. The van der Waals surface area contributed by atoms with Crippen LogP contribution in [-0.4, -0.2) is 53.4 Å². The molecule has 1 N–H and O–H groups in total. The van der Waals surface area contributed by atoms with Gasteiger partial charge in [-0.25, -0.2) is 8.42 Å². The molecule has 0 aliphatic carbocycles. The van der Waals surface area contributed by atoms with Crippen molar-refractivity contribution in [2.75, 3.05) is 23.3 Å². The predicted octanol–water partition coefficient (Wildman–Crippen LogP) is 2.29. The fraction of sp³-hybridized carbons (Fsp3) is 0.476. The molecule has 0 bridgehead atoms. The largest absolute Gasteiger partial charge is 0.324 e. The average molecular weight is 448 g/mol. The Bertz CT molecular complexity index is 1100. The Morgan fingerprint density at radius 1 is 1.23 bits per heavy atom. The lowest BCUT2D eigenvalue weighted by Crippen LogP contribution is -2.41. The van der Waals surface area contributed by atoms with Gasteiger partial charge in [-0.05, 0) is 32.9 Å². The number of anilines is 2. The first-order valence-corrected chi connectivity index (χ1v) is 11.8. The molecule has 2 amide bonds. The average Bonchev–Trinajstić information content (AvgIpc) is 2.89. The number of aryl methyl sites for hydroxylation is 1. The minimum absolute atomic E-state index is 0.132. The van der Waals surface area contributed by atoms with Crippen LogP contribution < -0.4 is 10.2 Å². The van der Waals surface area contributed by atoms with Gasteiger partial charge in [0.15, 0.2) is 0 Å². The van der Waals surface area contributed by atoms with Crippen molar-refractivity contribution in [2.24, 2.45) is 0 Å². The van der Waals surface area contributed by atoms with Crippen molar-refractivity contribution in [2.45, 2.75) is 58.5 Å². The molecule has 31 heavy (non-hydrogen) atoms. The molecule has 0 fully saturated rings. The highest BCUT2D eigenvalue weighted by Crippen LogP contribution is 2.32. The van der Waals surface area contributed by atoms with Crippen LogP contribution in [0.25, 0.3) is 0 Å². The normalized spacial score (nSPS) is 16.8. The van der Waals surface area contributed by atoms with Gasteiger partial charge >= 0.3 is 0 Å². The highest BCUT2D eigenvalue weighted by Gasteiger charge is 2.32. The first-order chi connectivity index (χ1) is 14.6. The zero-order valence-corrected chi connectivity index (χ0v) is 19.4. The first-order valence-electron chi connectivity index (χ1n) is 10.4. The number of rotatable bonds is 6. The molecule has 0 saturated heterocycles. The summed E-state index contributed by atoms with van der Waals surface area (Å²) in [6.07, 6.45) is 0.166. The molecular weight excluding hydrogens is 418 g/mol. The van der Waals surface area contributed by atoms with Crippen molar-refractivity contribution < 1.29 is 18.0 Å². The maximum Gasteiger partial charge on any atom is 0.249 e. The van der Waals surface area contributed by atoms with E-state index in [1.807, 2.05) is 6.92 Å². The summed E-state index contributed by atoms with van der Waals surface area (Å²) >= 11 is 0. The Balaban J connectivity index is 1.97. The van der Waals surface area contributed by atoms with Gasteiger partial charge in [0, 0.05) is 25.6 Å². The molecule has 3 rings (SSSR count). The zero-order chi connectivity index (χ0) is 22.9. The van der Waals surface area contributed by atoms with E-state index in [1.54, 1.807) is 56.9 Å². The van der Waals surface area contributed by atoms with Gasteiger partial charge < -0.3 is 10.2 Å². The maximum atomic E-state index is 13.3. The van der Waals surface area contributed by atoms with Gasteiger partial charge in [0.25, 0.3) is 0 Å². The predicted molar refractivity (Wildman–Crippen MR) is 118 cm³/mol. The lowest BCUT2D eigenvalue weighted by molar-refractivity contribution is -0.120. The minimum atomic E-state index is -3.70. The van der Waals surface area contributed by atoms with Crippen molar-refractivity contribution in [3.63, 3.8) is 0 Å². The van der Waals surface area contributed by atoms with Crippen LogP contribution in [0.3, 0.4) is 0 Å². The minimum Gasteiger partial charge on any atom is -0.324 e. The molecule has 2 heterocycles. The summed E-state index contributed by atoms with van der Waals surface area (Å²) < 4.78 is 28.9. The molecule has 0 saturated carbocycles. The summed E-state index contributed by atoms with van der Waals surface area (Å²) in [5.41, 5.74) is 1.97. The molecule has 0 unspecified atom stereocenters. The SMILES string of the molecule is CCN(CC)S(=O)(=O)c1c(C)nn(CC(=O)N2c3ccccc3NC(=O)C[C@H]2C)c1C. The number of carbonyl (C=O) groups excluding carboxylic acids is 2. The van der Waals surface area contributed by atoms with Crippen LogP contribution in [0.1, 0.15) is 38.6 Å². The Kier molecular flexibility index (Phi) is 6.51. The van der Waals surface area contributed by atoms with Crippen LogP contribution in [0.2, 0.25) is 0 Å². The van der Waals surface area contributed by atoms with E-state index in [0.29, 0.717) is 35.9 Å². The van der Waals surface area contributed by atoms with Gasteiger partial charge in [0.05, 0.1) is 22.8 Å². The van der Waals surface area contributed by atoms with Crippen molar-refractivity contribution in [1.82, 2.24) is 14.1 Å². The second kappa shape index (κ2) is 8.80. The van der Waals surface area contributed by atoms with Gasteiger partial charge in [-0.2, -0.15) is 9.40 Å². The zero-order valence-electron chi connectivity index (χ0n) is 18.5. The van der Waals surface area contributed by atoms with Gasteiger partial charge in [-0.15, -0.1) is 0 Å². The van der Waals surface area contributed by atoms with E-state index in [9.17, 15) is 18.0 Å². The standard InChI is InChI=1S/C21H29N5O4S/c1-6-24(7-2)31(29,30)21-15(4)23-25(16(21)5)13-20(28)26-14(3)12-19(27)22-17-10-8-9-11-18(17)26/h8-11,14H,6-7,12-13H2,1-5H3,(H,22,27)/t14-/m1/s1. The lowest BCUT2D eigenvalue weighted by Gasteiger charge is -2.28. The molecule has 1 atom stereocenters. The number of hydrogen-bond acceptors (Lipinski definition) is 5. The number of carbonyl (C=O) groups is 2. The number of aromatic nitrogens is 2. The Morgan fingerprint density at radius 3 is 2.52 bits per heavy atom. The fourth-order valence-electron chi connectivity index (χ4n) is 4.07. The van der Waals surface area contributed by atoms with Crippen LogP contribution in [0.15, 0.2) is 29.2 Å². The number of hydrogen-bond donors (Lipinski definition) is 1. The lowest BCUT2D eigenvalue weighted by atomic mass is 10.1. The molecule has 2 aromatic rings. The molecule has 0 radical (unpaired) electrons. The number of amides is 2. The van der Waals surface area contributed by atoms with E-state index in [0.717, 1.165) is 0 Å².